The molecule has 3 aromatic carbocycles. The van der Waals surface area contributed by atoms with Crippen LogP contribution >= 0.6 is 11.6 Å². The minimum Gasteiger partial charge on any atom is -0.341 e. The summed E-state index contributed by atoms with van der Waals surface area (Å²) >= 11 is 6.28. The van der Waals surface area contributed by atoms with Crippen molar-refractivity contribution in [2.24, 2.45) is 7.05 Å². The second-order valence-corrected chi connectivity index (χ2v) is 8.98. The molecule has 2 heterocycles. The number of carbonyl (C=O) groups is 2. The van der Waals surface area contributed by atoms with E-state index >= 15 is 0 Å². The van der Waals surface area contributed by atoms with E-state index in [0.717, 1.165) is 12.1 Å². The van der Waals surface area contributed by atoms with Crippen molar-refractivity contribution in [2.45, 2.75) is 12.2 Å². The number of hydrogen-bond acceptors (Lipinski definition) is 5. The van der Waals surface area contributed by atoms with Crippen LogP contribution in [0.4, 0.5) is 39.3 Å². The Morgan fingerprint density at radius 1 is 1.08 bits per heavy atom. The molecule has 3 N–H and O–H groups in total. The number of aromatic nitrogens is 3. The Bertz CT molecular complexity index is 1640. The van der Waals surface area contributed by atoms with E-state index in [1.54, 1.807) is 7.05 Å². The van der Waals surface area contributed by atoms with Crippen LogP contribution in [0.25, 0.3) is 0 Å². The summed E-state index contributed by atoms with van der Waals surface area (Å²) in [6.45, 7) is 0. The molecule has 5 rings (SSSR count). The minimum absolute atomic E-state index is 0.0244. The first-order chi connectivity index (χ1) is 18.4. The Kier molecular flexibility index (Phi) is 6.46. The summed E-state index contributed by atoms with van der Waals surface area (Å²) in [4.78, 5) is 30.1. The van der Waals surface area contributed by atoms with Crippen molar-refractivity contribution in [1.29, 1.82) is 0 Å². The molecule has 0 aliphatic carbocycles. The van der Waals surface area contributed by atoms with Crippen molar-refractivity contribution in [3.63, 3.8) is 0 Å². The van der Waals surface area contributed by atoms with Gasteiger partial charge in [0.2, 0.25) is 5.95 Å². The van der Waals surface area contributed by atoms with Crippen LogP contribution in [0.5, 0.6) is 0 Å². The lowest BCUT2D eigenvalue weighted by atomic mass is 9.95. The summed E-state index contributed by atoms with van der Waals surface area (Å²) in [6.07, 6.45) is -3.62. The number of aryl methyl sites for hydroxylation is 1. The number of amides is 2. The van der Waals surface area contributed by atoms with E-state index < -0.39 is 46.8 Å². The highest BCUT2D eigenvalue weighted by Gasteiger charge is 2.36. The van der Waals surface area contributed by atoms with Gasteiger partial charge in [0.1, 0.15) is 18.0 Å². The topological polar surface area (TPSA) is 101 Å². The van der Waals surface area contributed by atoms with E-state index in [9.17, 15) is 31.5 Å². The number of nitrogens with one attached hydrogen (secondary N) is 3. The molecule has 0 saturated carbocycles. The number of carbonyl (C=O) groups excluding carboxylic acids is 2. The predicted molar refractivity (Wildman–Crippen MR) is 131 cm³/mol. The summed E-state index contributed by atoms with van der Waals surface area (Å²) in [7, 11) is 1.60. The van der Waals surface area contributed by atoms with Crippen LogP contribution in [0.3, 0.4) is 0 Å². The van der Waals surface area contributed by atoms with Gasteiger partial charge < -0.3 is 16.0 Å². The Labute approximate surface area is 221 Å². The average Bonchev–Trinajstić information content (AvgIpc) is 3.42. The molecule has 0 saturated heterocycles. The highest BCUT2D eigenvalue weighted by atomic mass is 35.5. The summed E-state index contributed by atoms with van der Waals surface area (Å²) in [5.41, 5.74) is -1.30. The van der Waals surface area contributed by atoms with Crippen molar-refractivity contribution < 1.29 is 31.5 Å². The van der Waals surface area contributed by atoms with Crippen molar-refractivity contribution in [1.82, 2.24) is 20.1 Å². The zero-order chi connectivity index (χ0) is 28.1. The molecule has 1 aromatic heterocycles. The zero-order valence-corrected chi connectivity index (χ0v) is 20.5. The second-order valence-electron chi connectivity index (χ2n) is 8.57. The minimum atomic E-state index is -4.89. The van der Waals surface area contributed by atoms with Gasteiger partial charge >= 0.3 is 6.18 Å². The number of alkyl halides is 3. The second kappa shape index (κ2) is 9.66. The molecular formula is C25H16ClF5N6O2. The number of fused-ring (bicyclic) bond motifs is 1. The first-order valence-corrected chi connectivity index (χ1v) is 11.5. The molecule has 1 unspecified atom stereocenters. The lowest BCUT2D eigenvalue weighted by molar-refractivity contribution is -0.137. The lowest BCUT2D eigenvalue weighted by Crippen LogP contribution is -2.21. The zero-order valence-electron chi connectivity index (χ0n) is 19.7. The Balaban J connectivity index is 1.62. The normalized spacial score (nSPS) is 14.6. The number of rotatable bonds is 5. The molecule has 200 valence electrons. The van der Waals surface area contributed by atoms with Gasteiger partial charge in [0.15, 0.2) is 0 Å². The molecular weight excluding hydrogens is 547 g/mol. The van der Waals surface area contributed by atoms with Gasteiger partial charge in [0.25, 0.3) is 11.8 Å². The van der Waals surface area contributed by atoms with Gasteiger partial charge in [-0.15, -0.1) is 0 Å². The predicted octanol–water partition coefficient (Wildman–Crippen LogP) is 5.59. The number of nitrogens with zero attached hydrogens (tertiary/aromatic N) is 3. The molecule has 2 amide bonds. The van der Waals surface area contributed by atoms with Gasteiger partial charge in [-0.25, -0.2) is 13.5 Å². The number of benzene rings is 3. The van der Waals surface area contributed by atoms with E-state index in [4.69, 9.17) is 11.6 Å². The fourth-order valence-corrected chi connectivity index (χ4v) is 4.42. The van der Waals surface area contributed by atoms with Crippen LogP contribution in [-0.2, 0) is 13.2 Å². The molecule has 1 atom stereocenters. The van der Waals surface area contributed by atoms with Gasteiger partial charge in [-0.2, -0.15) is 23.3 Å². The van der Waals surface area contributed by atoms with Crippen LogP contribution in [0, 0.1) is 11.6 Å². The highest BCUT2D eigenvalue weighted by molar-refractivity contribution is 6.31. The molecule has 0 spiro atoms. The molecule has 8 nitrogen and oxygen atoms in total. The van der Waals surface area contributed by atoms with E-state index in [-0.39, 0.29) is 45.1 Å². The monoisotopic (exact) mass is 562 g/mol. The Morgan fingerprint density at radius 2 is 1.85 bits per heavy atom. The first kappa shape index (κ1) is 26.1. The molecule has 0 radical (unpaired) electrons. The summed E-state index contributed by atoms with van der Waals surface area (Å²) < 4.78 is 69.2. The standard InChI is InChI=1S/C25H16ClF5N6O2/c1-37-24(32-10-33-37)34-15-8-17-20(21(36-23(17)39)16-7-13(27)2-3-18(16)26)19(9-15)35-22(38)11-4-12(25(29,30)31)6-14(28)5-11/h2-10,21H,1H3,(H,35,38)(H,36,39)(H,32,33,34). The average molecular weight is 563 g/mol. The van der Waals surface area contributed by atoms with Crippen LogP contribution in [-0.4, -0.2) is 26.6 Å². The maximum absolute atomic E-state index is 14.1. The van der Waals surface area contributed by atoms with Crippen molar-refractivity contribution in [2.75, 3.05) is 10.6 Å². The molecule has 0 fully saturated rings. The molecule has 0 bridgehead atoms. The van der Waals surface area contributed by atoms with E-state index in [0.29, 0.717) is 12.1 Å². The van der Waals surface area contributed by atoms with Crippen LogP contribution < -0.4 is 16.0 Å². The van der Waals surface area contributed by atoms with Crippen LogP contribution in [0.2, 0.25) is 5.02 Å². The van der Waals surface area contributed by atoms with Crippen molar-refractivity contribution in [3.8, 4) is 0 Å². The van der Waals surface area contributed by atoms with Crippen molar-refractivity contribution in [3.05, 3.63) is 99.3 Å². The van der Waals surface area contributed by atoms with E-state index in [1.807, 2.05) is 0 Å². The lowest BCUT2D eigenvalue weighted by Gasteiger charge is -2.19. The SMILES string of the molecule is Cn1ncnc1Nc1cc(NC(=O)c2cc(F)cc(C(F)(F)F)c2)c2c(c1)C(=O)NC2c1cc(F)ccc1Cl. The highest BCUT2D eigenvalue weighted by Crippen LogP contribution is 2.41. The first-order valence-electron chi connectivity index (χ1n) is 11.1. The maximum Gasteiger partial charge on any atom is 0.416 e. The molecule has 1 aliphatic heterocycles. The quantitative estimate of drug-likeness (QED) is 0.275. The third-order valence-electron chi connectivity index (χ3n) is 5.96. The number of anilines is 3. The fourth-order valence-electron chi connectivity index (χ4n) is 4.20. The van der Waals surface area contributed by atoms with Crippen LogP contribution in [0.1, 0.15) is 43.4 Å². The molecule has 39 heavy (non-hydrogen) atoms. The fraction of sp³-hybridized carbons (Fsp3) is 0.120. The van der Waals surface area contributed by atoms with Crippen molar-refractivity contribution >= 4 is 40.7 Å². The summed E-state index contributed by atoms with van der Waals surface area (Å²) in [5.74, 6) is -3.30. The Morgan fingerprint density at radius 3 is 2.54 bits per heavy atom. The molecule has 4 aromatic rings. The molecule has 1 aliphatic rings. The third kappa shape index (κ3) is 5.12. The number of halogens is 6. The Hall–Kier alpha value is -4.52. The van der Waals surface area contributed by atoms with E-state index in [2.05, 4.69) is 26.0 Å². The van der Waals surface area contributed by atoms with Crippen LogP contribution in [0.15, 0.2) is 54.9 Å². The molecule has 14 heteroatoms. The maximum atomic E-state index is 14.1. The number of hydrogen-bond donors (Lipinski definition) is 3. The largest absolute Gasteiger partial charge is 0.416 e. The smallest absolute Gasteiger partial charge is 0.341 e. The van der Waals surface area contributed by atoms with E-state index in [1.165, 1.54) is 29.2 Å². The van der Waals surface area contributed by atoms with Gasteiger partial charge in [-0.3, -0.25) is 9.59 Å². The van der Waals surface area contributed by atoms with Gasteiger partial charge in [0, 0.05) is 45.7 Å². The van der Waals surface area contributed by atoms with Gasteiger partial charge in [0.05, 0.1) is 11.6 Å². The van der Waals surface area contributed by atoms with Gasteiger partial charge in [-0.05, 0) is 48.5 Å². The summed E-state index contributed by atoms with van der Waals surface area (Å²) in [5, 5.41) is 12.1. The third-order valence-corrected chi connectivity index (χ3v) is 6.31. The summed E-state index contributed by atoms with van der Waals surface area (Å²) in [6, 6.07) is 6.79. The van der Waals surface area contributed by atoms with Gasteiger partial charge in [-0.1, -0.05) is 11.6 Å².